The van der Waals surface area contributed by atoms with Gasteiger partial charge < -0.3 is 20.1 Å². The van der Waals surface area contributed by atoms with Crippen molar-refractivity contribution in [2.45, 2.75) is 12.6 Å². The third kappa shape index (κ3) is 5.23. The van der Waals surface area contributed by atoms with Crippen molar-refractivity contribution in [1.82, 2.24) is 5.32 Å². The number of ether oxygens (including phenoxy) is 2. The summed E-state index contributed by atoms with van der Waals surface area (Å²) in [4.78, 5) is 12.1. The zero-order chi connectivity index (χ0) is 15.9. The van der Waals surface area contributed by atoms with Crippen molar-refractivity contribution in [3.8, 4) is 5.75 Å². The topological polar surface area (TPSA) is 59.6 Å². The lowest BCUT2D eigenvalue weighted by Crippen LogP contribution is -2.48. The number of carbonyl (C=O) groups is 1. The van der Waals surface area contributed by atoms with Crippen molar-refractivity contribution in [2.24, 2.45) is 0 Å². The van der Waals surface area contributed by atoms with Crippen LogP contribution in [0, 0.1) is 0 Å². The summed E-state index contributed by atoms with van der Waals surface area (Å²) in [6.07, 6.45) is 0. The molecule has 0 saturated carbocycles. The molecule has 1 aliphatic rings. The fraction of sp³-hybridized carbons (Fsp3) is 0.278. The molecule has 128 valence electrons. The maximum absolute atomic E-state index is 12.1. The van der Waals surface area contributed by atoms with E-state index in [1.807, 2.05) is 54.6 Å². The molecule has 2 aromatic carbocycles. The lowest BCUT2D eigenvalue weighted by molar-refractivity contribution is -0.120. The number of rotatable bonds is 5. The number of amides is 1. The fourth-order valence-corrected chi connectivity index (χ4v) is 2.34. The maximum Gasteiger partial charge on any atom is 0.243 e. The quantitative estimate of drug-likeness (QED) is 0.872. The van der Waals surface area contributed by atoms with Crippen LogP contribution in [-0.4, -0.2) is 31.7 Å². The molecule has 2 aromatic rings. The molecule has 24 heavy (non-hydrogen) atoms. The summed E-state index contributed by atoms with van der Waals surface area (Å²) in [6, 6.07) is 17.1. The van der Waals surface area contributed by atoms with Gasteiger partial charge in [0.1, 0.15) is 18.4 Å². The molecular weight excluding hydrogens is 328 g/mol. The summed E-state index contributed by atoms with van der Waals surface area (Å²) in [6.45, 7) is 2.28. The van der Waals surface area contributed by atoms with Gasteiger partial charge in [0.15, 0.2) is 0 Å². The number of nitrogens with one attached hydrogen (secondary N) is 2. The second-order valence-electron chi connectivity index (χ2n) is 5.37. The summed E-state index contributed by atoms with van der Waals surface area (Å²) >= 11 is 0. The van der Waals surface area contributed by atoms with Crippen LogP contribution in [0.3, 0.4) is 0 Å². The maximum atomic E-state index is 12.1. The van der Waals surface area contributed by atoms with Crippen LogP contribution in [0.4, 0.5) is 5.69 Å². The van der Waals surface area contributed by atoms with Crippen LogP contribution in [0.15, 0.2) is 54.6 Å². The lowest BCUT2D eigenvalue weighted by atomic mass is 10.2. The number of hydrogen-bond donors (Lipinski definition) is 2. The molecule has 1 amide bonds. The third-order valence-corrected chi connectivity index (χ3v) is 3.61. The Morgan fingerprint density at radius 3 is 2.58 bits per heavy atom. The van der Waals surface area contributed by atoms with E-state index in [4.69, 9.17) is 9.47 Å². The van der Waals surface area contributed by atoms with Gasteiger partial charge in [-0.2, -0.15) is 0 Å². The van der Waals surface area contributed by atoms with Crippen LogP contribution in [0.5, 0.6) is 5.75 Å². The number of halogens is 1. The van der Waals surface area contributed by atoms with Gasteiger partial charge in [-0.1, -0.05) is 30.3 Å². The Hall–Kier alpha value is -2.08. The van der Waals surface area contributed by atoms with E-state index >= 15 is 0 Å². The number of hydrogen-bond acceptors (Lipinski definition) is 4. The van der Waals surface area contributed by atoms with Crippen LogP contribution in [0.2, 0.25) is 0 Å². The van der Waals surface area contributed by atoms with Gasteiger partial charge in [0, 0.05) is 12.2 Å². The van der Waals surface area contributed by atoms with E-state index in [9.17, 15) is 4.79 Å². The average Bonchev–Trinajstić information content (AvgIpc) is 2.63. The van der Waals surface area contributed by atoms with Gasteiger partial charge in [-0.05, 0) is 29.8 Å². The van der Waals surface area contributed by atoms with E-state index in [0.29, 0.717) is 26.4 Å². The predicted octanol–water partition coefficient (Wildman–Crippen LogP) is 2.61. The molecule has 5 nitrogen and oxygen atoms in total. The predicted molar refractivity (Wildman–Crippen MR) is 95.7 cm³/mol. The van der Waals surface area contributed by atoms with Crippen LogP contribution in [0.1, 0.15) is 5.56 Å². The minimum atomic E-state index is -0.294. The molecule has 0 spiro atoms. The molecule has 6 heteroatoms. The molecule has 0 aliphatic carbocycles. The number of morpholine rings is 1. The standard InChI is InChI=1S/C18H20N2O3.ClH/c21-18(17-13-22-11-10-19-17)20-15-6-8-16(9-7-15)23-12-14-4-2-1-3-5-14;/h1-9,17,19H,10-13H2,(H,20,21);1H. The van der Waals surface area contributed by atoms with Crippen LogP contribution < -0.4 is 15.4 Å². The lowest BCUT2D eigenvalue weighted by Gasteiger charge is -2.22. The van der Waals surface area contributed by atoms with E-state index in [-0.39, 0.29) is 24.4 Å². The molecule has 0 aromatic heterocycles. The smallest absolute Gasteiger partial charge is 0.243 e. The molecule has 3 rings (SSSR count). The van der Waals surface area contributed by atoms with Gasteiger partial charge in [0.05, 0.1) is 13.2 Å². The van der Waals surface area contributed by atoms with Crippen molar-refractivity contribution >= 4 is 24.0 Å². The van der Waals surface area contributed by atoms with Gasteiger partial charge >= 0.3 is 0 Å². The molecule has 1 heterocycles. The first kappa shape index (κ1) is 18.3. The summed E-state index contributed by atoms with van der Waals surface area (Å²) in [7, 11) is 0. The summed E-state index contributed by atoms with van der Waals surface area (Å²) in [5.41, 5.74) is 1.86. The van der Waals surface area contributed by atoms with Gasteiger partial charge in [-0.3, -0.25) is 4.79 Å². The van der Waals surface area contributed by atoms with E-state index in [1.165, 1.54) is 0 Å². The van der Waals surface area contributed by atoms with Gasteiger partial charge in [0.25, 0.3) is 0 Å². The van der Waals surface area contributed by atoms with E-state index in [0.717, 1.165) is 17.0 Å². The molecule has 2 N–H and O–H groups in total. The molecular formula is C18H21ClN2O3. The molecule has 1 atom stereocenters. The Morgan fingerprint density at radius 1 is 1.17 bits per heavy atom. The van der Waals surface area contributed by atoms with E-state index in [2.05, 4.69) is 10.6 Å². The zero-order valence-corrected chi connectivity index (χ0v) is 14.1. The van der Waals surface area contributed by atoms with Crippen LogP contribution in [0.25, 0.3) is 0 Å². The highest BCUT2D eigenvalue weighted by atomic mass is 35.5. The SMILES string of the molecule is Cl.O=C(Nc1ccc(OCc2ccccc2)cc1)C1COCCN1. The Labute approximate surface area is 147 Å². The first-order valence-corrected chi connectivity index (χ1v) is 7.70. The first-order chi connectivity index (χ1) is 11.3. The number of anilines is 1. The second-order valence-corrected chi connectivity index (χ2v) is 5.37. The molecule has 1 aliphatic heterocycles. The molecule has 1 saturated heterocycles. The highest BCUT2D eigenvalue weighted by Gasteiger charge is 2.20. The van der Waals surface area contributed by atoms with Crippen molar-refractivity contribution in [2.75, 3.05) is 25.1 Å². The number of benzene rings is 2. The third-order valence-electron chi connectivity index (χ3n) is 3.61. The van der Waals surface area contributed by atoms with Gasteiger partial charge in [-0.15, -0.1) is 12.4 Å². The van der Waals surface area contributed by atoms with Crippen LogP contribution >= 0.6 is 12.4 Å². The average molecular weight is 349 g/mol. The fourth-order valence-electron chi connectivity index (χ4n) is 2.34. The molecule has 0 radical (unpaired) electrons. The Bertz CT molecular complexity index is 628. The normalized spacial score (nSPS) is 16.8. The largest absolute Gasteiger partial charge is 0.489 e. The molecule has 0 bridgehead atoms. The highest BCUT2D eigenvalue weighted by molar-refractivity contribution is 5.95. The monoisotopic (exact) mass is 348 g/mol. The van der Waals surface area contributed by atoms with Crippen molar-refractivity contribution in [3.05, 3.63) is 60.2 Å². The Morgan fingerprint density at radius 2 is 1.92 bits per heavy atom. The second kappa shape index (κ2) is 9.27. The van der Waals surface area contributed by atoms with Crippen molar-refractivity contribution < 1.29 is 14.3 Å². The van der Waals surface area contributed by atoms with E-state index < -0.39 is 0 Å². The zero-order valence-electron chi connectivity index (χ0n) is 13.2. The summed E-state index contributed by atoms with van der Waals surface area (Å²) in [5, 5.41) is 6.00. The first-order valence-electron chi connectivity index (χ1n) is 7.70. The van der Waals surface area contributed by atoms with Crippen molar-refractivity contribution in [3.63, 3.8) is 0 Å². The highest BCUT2D eigenvalue weighted by Crippen LogP contribution is 2.17. The van der Waals surface area contributed by atoms with E-state index in [1.54, 1.807) is 0 Å². The molecule has 1 unspecified atom stereocenters. The number of carbonyl (C=O) groups excluding carboxylic acids is 1. The summed E-state index contributed by atoms with van der Waals surface area (Å²) < 4.78 is 11.0. The van der Waals surface area contributed by atoms with Crippen molar-refractivity contribution in [1.29, 1.82) is 0 Å². The minimum Gasteiger partial charge on any atom is -0.489 e. The van der Waals surface area contributed by atoms with Gasteiger partial charge in [0.2, 0.25) is 5.91 Å². The Balaban J connectivity index is 0.00000208. The van der Waals surface area contributed by atoms with Gasteiger partial charge in [-0.25, -0.2) is 0 Å². The Kier molecular flexibility index (Phi) is 7.06. The molecule has 1 fully saturated rings. The summed E-state index contributed by atoms with van der Waals surface area (Å²) in [5.74, 6) is 0.689. The van der Waals surface area contributed by atoms with Crippen LogP contribution in [-0.2, 0) is 16.1 Å². The minimum absolute atomic E-state index is 0.